The molecule has 1 N–H and O–H groups in total. The van der Waals surface area contributed by atoms with E-state index in [0.29, 0.717) is 24.5 Å². The highest BCUT2D eigenvalue weighted by Crippen LogP contribution is 2.32. The lowest BCUT2D eigenvalue weighted by Gasteiger charge is -2.37. The van der Waals surface area contributed by atoms with E-state index in [1.807, 2.05) is 6.20 Å². The molecule has 34 heavy (non-hydrogen) atoms. The summed E-state index contributed by atoms with van der Waals surface area (Å²) in [6.07, 6.45) is 12.4. The van der Waals surface area contributed by atoms with Crippen molar-refractivity contribution in [1.82, 2.24) is 15.2 Å². The summed E-state index contributed by atoms with van der Waals surface area (Å²) < 4.78 is 6.77. The van der Waals surface area contributed by atoms with Crippen molar-refractivity contribution in [3.63, 3.8) is 0 Å². The number of amides is 1. The lowest BCUT2D eigenvalue weighted by molar-refractivity contribution is -0.123. The summed E-state index contributed by atoms with van der Waals surface area (Å²) in [6.45, 7) is 5.58. The predicted octanol–water partition coefficient (Wildman–Crippen LogP) is 4.69. The van der Waals surface area contributed by atoms with Crippen molar-refractivity contribution in [3.05, 3.63) is 23.7 Å². The van der Waals surface area contributed by atoms with Crippen LogP contribution in [0.25, 0.3) is 10.1 Å². The summed E-state index contributed by atoms with van der Waals surface area (Å²) in [7, 11) is 1.79. The summed E-state index contributed by atoms with van der Waals surface area (Å²) >= 11 is 1.80. The monoisotopic (exact) mass is 484 g/mol. The normalized spacial score (nSPS) is 28.4. The van der Waals surface area contributed by atoms with Gasteiger partial charge in [0.15, 0.2) is 0 Å². The third-order valence-electron chi connectivity index (χ3n) is 8.39. The largest absolute Gasteiger partial charge is 0.381 e. The molecule has 2 atom stereocenters. The van der Waals surface area contributed by atoms with Gasteiger partial charge in [0.2, 0.25) is 5.91 Å². The Balaban J connectivity index is 0.981. The first-order chi connectivity index (χ1) is 16.7. The van der Waals surface area contributed by atoms with E-state index in [9.17, 15) is 4.79 Å². The van der Waals surface area contributed by atoms with Gasteiger partial charge in [-0.1, -0.05) is 0 Å². The fraction of sp³-hybridized carbons (Fsp3) is 0.704. The standard InChI is InChI=1S/C27H40N4O2S/c1-33-24-7-4-21(18-24)19-25(32)29-23-5-2-20(3-6-23)9-12-30-13-15-31(16-14-30)27-26-22(8-11-28-27)10-17-34-26/h8,10-11,17,20-21,23-24H,2-7,9,12-16,18-19H2,1H3,(H,29,32)/t20-,21-,23-,24-/m0/s1. The Morgan fingerprint density at radius 2 is 1.88 bits per heavy atom. The molecule has 1 saturated heterocycles. The number of carbonyl (C=O) groups is 1. The fourth-order valence-corrected chi connectivity index (χ4v) is 7.14. The molecule has 0 unspecified atom stereocenters. The topological polar surface area (TPSA) is 57.7 Å². The van der Waals surface area contributed by atoms with E-state index in [1.54, 1.807) is 18.4 Å². The van der Waals surface area contributed by atoms with Gasteiger partial charge < -0.3 is 15.0 Å². The molecule has 186 valence electrons. The molecular formula is C27H40N4O2S. The Hall–Kier alpha value is -1.70. The molecule has 3 heterocycles. The molecule has 2 aromatic heterocycles. The van der Waals surface area contributed by atoms with Crippen molar-refractivity contribution in [3.8, 4) is 0 Å². The number of methoxy groups -OCH3 is 1. The molecule has 0 bridgehead atoms. The smallest absolute Gasteiger partial charge is 0.220 e. The third-order valence-corrected chi connectivity index (χ3v) is 9.31. The molecule has 2 aliphatic carbocycles. The average molecular weight is 485 g/mol. The van der Waals surface area contributed by atoms with E-state index in [-0.39, 0.29) is 5.91 Å². The molecule has 7 heteroatoms. The van der Waals surface area contributed by atoms with Gasteiger partial charge in [0.1, 0.15) is 5.82 Å². The van der Waals surface area contributed by atoms with Crippen molar-refractivity contribution in [2.45, 2.75) is 69.9 Å². The number of pyridine rings is 1. The molecule has 2 aromatic rings. The number of thiophene rings is 1. The maximum Gasteiger partial charge on any atom is 0.220 e. The van der Waals surface area contributed by atoms with Crippen LogP contribution in [0.5, 0.6) is 0 Å². The van der Waals surface area contributed by atoms with Crippen molar-refractivity contribution in [1.29, 1.82) is 0 Å². The van der Waals surface area contributed by atoms with Crippen LogP contribution < -0.4 is 10.2 Å². The number of piperazine rings is 1. The SMILES string of the molecule is CO[C@H]1CC[C@H](CC(=O)N[C@H]2CC[C@H](CCN3CCN(c4nccc5ccsc45)CC3)CC2)C1. The Morgan fingerprint density at radius 3 is 2.65 bits per heavy atom. The third kappa shape index (κ3) is 5.92. The number of hydrogen-bond donors (Lipinski definition) is 1. The highest BCUT2D eigenvalue weighted by molar-refractivity contribution is 7.17. The van der Waals surface area contributed by atoms with Gasteiger partial charge in [-0.2, -0.15) is 0 Å². The first-order valence-electron chi connectivity index (χ1n) is 13.3. The Kier molecular flexibility index (Phi) is 8.02. The molecule has 0 radical (unpaired) electrons. The first-order valence-corrected chi connectivity index (χ1v) is 14.2. The molecular weight excluding hydrogens is 444 g/mol. The van der Waals surface area contributed by atoms with Crippen LogP contribution in [0, 0.1) is 11.8 Å². The van der Waals surface area contributed by atoms with Crippen LogP contribution in [0.2, 0.25) is 0 Å². The maximum atomic E-state index is 12.5. The van der Waals surface area contributed by atoms with Crippen LogP contribution in [-0.2, 0) is 9.53 Å². The summed E-state index contributed by atoms with van der Waals surface area (Å²) in [5, 5.41) is 6.81. The Morgan fingerprint density at radius 1 is 1.09 bits per heavy atom. The zero-order valence-electron chi connectivity index (χ0n) is 20.6. The van der Waals surface area contributed by atoms with E-state index >= 15 is 0 Å². The summed E-state index contributed by atoms with van der Waals surface area (Å²) in [5.41, 5.74) is 0. The Bertz CT molecular complexity index is 934. The minimum absolute atomic E-state index is 0.260. The number of hydrogen-bond acceptors (Lipinski definition) is 6. The molecule has 0 aromatic carbocycles. The lowest BCUT2D eigenvalue weighted by Crippen LogP contribution is -2.47. The number of aromatic nitrogens is 1. The van der Waals surface area contributed by atoms with Gasteiger partial charge in [-0.05, 0) is 92.6 Å². The van der Waals surface area contributed by atoms with Crippen LogP contribution in [0.1, 0.15) is 57.8 Å². The van der Waals surface area contributed by atoms with Gasteiger partial charge in [-0.25, -0.2) is 4.98 Å². The maximum absolute atomic E-state index is 12.5. The van der Waals surface area contributed by atoms with Crippen LogP contribution in [0.4, 0.5) is 5.82 Å². The van der Waals surface area contributed by atoms with E-state index < -0.39 is 0 Å². The van der Waals surface area contributed by atoms with Gasteiger partial charge in [0.05, 0.1) is 10.8 Å². The van der Waals surface area contributed by atoms with Gasteiger partial charge >= 0.3 is 0 Å². The zero-order valence-corrected chi connectivity index (χ0v) is 21.4. The minimum Gasteiger partial charge on any atom is -0.381 e. The number of ether oxygens (including phenoxy) is 1. The molecule has 1 amide bonds. The summed E-state index contributed by atoms with van der Waals surface area (Å²) in [5.74, 6) is 2.75. The second kappa shape index (κ2) is 11.4. The predicted molar refractivity (Wildman–Crippen MR) is 140 cm³/mol. The minimum atomic E-state index is 0.260. The van der Waals surface area contributed by atoms with Gasteiger partial charge in [-0.15, -0.1) is 11.3 Å². The number of carbonyl (C=O) groups excluding carboxylic acids is 1. The average Bonchev–Trinajstić information content (AvgIpc) is 3.53. The number of rotatable bonds is 8. The number of nitrogens with zero attached hydrogens (tertiary/aromatic N) is 3. The second-order valence-corrected chi connectivity index (χ2v) is 11.5. The number of fused-ring (bicyclic) bond motifs is 1. The highest BCUT2D eigenvalue weighted by Gasteiger charge is 2.28. The van der Waals surface area contributed by atoms with Crippen molar-refractivity contribution in [2.24, 2.45) is 11.8 Å². The molecule has 1 aliphatic heterocycles. The van der Waals surface area contributed by atoms with Crippen LogP contribution in [0.3, 0.4) is 0 Å². The van der Waals surface area contributed by atoms with Crippen molar-refractivity contribution in [2.75, 3.05) is 44.7 Å². The second-order valence-electron chi connectivity index (χ2n) is 10.6. The zero-order chi connectivity index (χ0) is 23.3. The van der Waals surface area contributed by atoms with Crippen molar-refractivity contribution < 1.29 is 9.53 Å². The van der Waals surface area contributed by atoms with Crippen LogP contribution in [-0.4, -0.2) is 67.8 Å². The summed E-state index contributed by atoms with van der Waals surface area (Å²) in [6, 6.07) is 4.69. The van der Waals surface area contributed by atoms with E-state index in [4.69, 9.17) is 9.72 Å². The van der Waals surface area contributed by atoms with Crippen LogP contribution in [0.15, 0.2) is 23.7 Å². The van der Waals surface area contributed by atoms with Gasteiger partial charge in [0, 0.05) is 51.9 Å². The number of anilines is 1. The first kappa shape index (κ1) is 24.0. The fourth-order valence-electron chi connectivity index (χ4n) is 6.23. The van der Waals surface area contributed by atoms with E-state index in [0.717, 1.165) is 64.2 Å². The lowest BCUT2D eigenvalue weighted by atomic mass is 9.84. The molecule has 2 saturated carbocycles. The molecule has 0 spiro atoms. The highest BCUT2D eigenvalue weighted by atomic mass is 32.1. The molecule has 3 fully saturated rings. The van der Waals surface area contributed by atoms with Crippen molar-refractivity contribution >= 4 is 33.1 Å². The molecule has 3 aliphatic rings. The van der Waals surface area contributed by atoms with E-state index in [1.165, 1.54) is 41.7 Å². The van der Waals surface area contributed by atoms with Crippen LogP contribution >= 0.6 is 11.3 Å². The van der Waals surface area contributed by atoms with E-state index in [2.05, 4.69) is 32.6 Å². The molecule has 6 nitrogen and oxygen atoms in total. The summed E-state index contributed by atoms with van der Waals surface area (Å²) in [4.78, 5) is 22.3. The number of nitrogens with one attached hydrogen (secondary N) is 1. The Labute approximate surface area is 208 Å². The van der Waals surface area contributed by atoms with Gasteiger partial charge in [-0.3, -0.25) is 9.69 Å². The van der Waals surface area contributed by atoms with Gasteiger partial charge in [0.25, 0.3) is 0 Å². The molecule has 5 rings (SSSR count). The quantitative estimate of drug-likeness (QED) is 0.589.